The predicted octanol–water partition coefficient (Wildman–Crippen LogP) is 2.24. The second kappa shape index (κ2) is 6.01. The zero-order valence-corrected chi connectivity index (χ0v) is 13.0. The van der Waals surface area contributed by atoms with E-state index in [4.69, 9.17) is 9.84 Å². The maximum Gasteiger partial charge on any atom is 0.343 e. The molecule has 1 amide bonds. The van der Waals surface area contributed by atoms with Crippen molar-refractivity contribution in [1.82, 2.24) is 4.90 Å². The van der Waals surface area contributed by atoms with Crippen LogP contribution in [-0.4, -0.2) is 46.7 Å². The lowest BCUT2D eigenvalue weighted by molar-refractivity contribution is -0.150. The lowest BCUT2D eigenvalue weighted by Gasteiger charge is -2.22. The van der Waals surface area contributed by atoms with Crippen molar-refractivity contribution in [3.05, 3.63) is 28.7 Å². The van der Waals surface area contributed by atoms with Crippen LogP contribution in [0.1, 0.15) is 13.3 Å². The number of amides is 1. The molecule has 114 valence electrons. The quantitative estimate of drug-likeness (QED) is 0.895. The van der Waals surface area contributed by atoms with Crippen LogP contribution in [0.5, 0.6) is 5.75 Å². The van der Waals surface area contributed by atoms with Gasteiger partial charge in [0.05, 0.1) is 11.0 Å². The Kier molecular flexibility index (Phi) is 4.51. The molecule has 0 saturated carbocycles. The fourth-order valence-corrected chi connectivity index (χ4v) is 2.55. The molecule has 1 heterocycles. The summed E-state index contributed by atoms with van der Waals surface area (Å²) in [7, 11) is 0. The molecule has 1 aromatic carbocycles. The molecule has 2 unspecified atom stereocenters. The van der Waals surface area contributed by atoms with E-state index in [1.807, 2.05) is 6.07 Å². The molecule has 0 bridgehead atoms. The number of nitrogens with zero attached hydrogens (tertiary/aromatic N) is 1. The second-order valence-electron chi connectivity index (χ2n) is 4.97. The Morgan fingerprint density at radius 1 is 1.48 bits per heavy atom. The van der Waals surface area contributed by atoms with E-state index in [1.54, 1.807) is 25.1 Å². The first-order valence-corrected chi connectivity index (χ1v) is 7.25. The molecule has 0 aromatic heterocycles. The monoisotopic (exact) mass is 359 g/mol. The van der Waals surface area contributed by atoms with Gasteiger partial charge in [0.1, 0.15) is 5.75 Å². The number of halogens is 2. The van der Waals surface area contributed by atoms with Gasteiger partial charge in [-0.25, -0.2) is 9.18 Å². The van der Waals surface area contributed by atoms with Gasteiger partial charge in [0.2, 0.25) is 5.67 Å². The maximum atomic E-state index is 14.0. The summed E-state index contributed by atoms with van der Waals surface area (Å²) in [5.41, 5.74) is -2.36. The van der Waals surface area contributed by atoms with Gasteiger partial charge in [0, 0.05) is 13.0 Å². The summed E-state index contributed by atoms with van der Waals surface area (Å²) in [6.45, 7) is 1.19. The zero-order valence-electron chi connectivity index (χ0n) is 11.4. The van der Waals surface area contributed by atoms with E-state index in [9.17, 15) is 14.0 Å². The predicted molar refractivity (Wildman–Crippen MR) is 76.9 cm³/mol. The normalized spacial score (nSPS) is 22.9. The highest BCUT2D eigenvalue weighted by molar-refractivity contribution is 9.10. The van der Waals surface area contributed by atoms with Crippen LogP contribution in [0.2, 0.25) is 0 Å². The third-order valence-electron chi connectivity index (χ3n) is 3.40. The van der Waals surface area contributed by atoms with Crippen LogP contribution in [0, 0.1) is 0 Å². The number of hydrogen-bond acceptors (Lipinski definition) is 3. The van der Waals surface area contributed by atoms with Crippen LogP contribution in [-0.2, 0) is 9.59 Å². The molecule has 2 atom stereocenters. The molecule has 1 N–H and O–H groups in total. The van der Waals surface area contributed by atoms with E-state index in [-0.39, 0.29) is 13.0 Å². The zero-order chi connectivity index (χ0) is 15.6. The first-order valence-electron chi connectivity index (χ1n) is 6.46. The van der Waals surface area contributed by atoms with Crippen molar-refractivity contribution in [3.8, 4) is 5.75 Å². The number of carboxylic acids is 1. The van der Waals surface area contributed by atoms with Crippen molar-refractivity contribution >= 4 is 27.8 Å². The Morgan fingerprint density at radius 2 is 2.14 bits per heavy atom. The fourth-order valence-electron chi connectivity index (χ4n) is 2.17. The molecular formula is C14H15BrFNO4. The lowest BCUT2D eigenvalue weighted by Crippen LogP contribution is -2.43. The number of carbonyl (C=O) groups is 2. The minimum Gasteiger partial charge on any atom is -0.480 e. The van der Waals surface area contributed by atoms with Crippen molar-refractivity contribution in [1.29, 1.82) is 0 Å². The number of hydrogen-bond donors (Lipinski definition) is 1. The number of carboxylic acid groups (broad SMARTS) is 1. The molecular weight excluding hydrogens is 345 g/mol. The van der Waals surface area contributed by atoms with Crippen molar-refractivity contribution in [2.75, 3.05) is 13.1 Å². The molecule has 0 spiro atoms. The number of likely N-dealkylation sites (tertiary alicyclic amines) is 1. The number of rotatable bonds is 4. The van der Waals surface area contributed by atoms with E-state index in [1.165, 1.54) is 4.90 Å². The van der Waals surface area contributed by atoms with E-state index < -0.39 is 30.2 Å². The fraction of sp³-hybridized carbons (Fsp3) is 0.429. The number of ether oxygens (including phenoxy) is 1. The van der Waals surface area contributed by atoms with Gasteiger partial charge in [-0.3, -0.25) is 4.79 Å². The number of alkyl halides is 1. The first-order chi connectivity index (χ1) is 9.83. The van der Waals surface area contributed by atoms with Gasteiger partial charge in [-0.1, -0.05) is 12.1 Å². The third kappa shape index (κ3) is 3.34. The third-order valence-corrected chi connectivity index (χ3v) is 4.06. The van der Waals surface area contributed by atoms with Crippen molar-refractivity contribution in [3.63, 3.8) is 0 Å². The molecule has 1 aliphatic heterocycles. The standard InChI is InChI=1S/C14H15BrFNO4/c1-9(21-11-5-3-2-4-10(11)15)12(18)17-7-6-14(16,8-17)13(19)20/h2-5,9H,6-8H2,1H3,(H,19,20). The smallest absolute Gasteiger partial charge is 0.343 e. The molecule has 0 radical (unpaired) electrons. The van der Waals surface area contributed by atoms with Gasteiger partial charge in [0.25, 0.3) is 5.91 Å². The van der Waals surface area contributed by atoms with E-state index >= 15 is 0 Å². The molecule has 21 heavy (non-hydrogen) atoms. The summed E-state index contributed by atoms with van der Waals surface area (Å²) in [5.74, 6) is -1.45. The maximum absolute atomic E-state index is 14.0. The number of benzene rings is 1. The van der Waals surface area contributed by atoms with E-state index in [0.717, 1.165) is 0 Å². The van der Waals surface area contributed by atoms with Crippen LogP contribution < -0.4 is 4.74 Å². The van der Waals surface area contributed by atoms with Crippen LogP contribution in [0.25, 0.3) is 0 Å². The summed E-state index contributed by atoms with van der Waals surface area (Å²) >= 11 is 3.31. The molecule has 5 nitrogen and oxygen atoms in total. The Balaban J connectivity index is 2.01. The Morgan fingerprint density at radius 3 is 2.71 bits per heavy atom. The van der Waals surface area contributed by atoms with Crippen LogP contribution in [0.3, 0.4) is 0 Å². The van der Waals surface area contributed by atoms with Gasteiger partial charge in [0.15, 0.2) is 6.10 Å². The van der Waals surface area contributed by atoms with Gasteiger partial charge < -0.3 is 14.7 Å². The molecule has 1 fully saturated rings. The summed E-state index contributed by atoms with van der Waals surface area (Å²) in [6, 6.07) is 7.06. The second-order valence-corrected chi connectivity index (χ2v) is 5.83. The molecule has 0 aliphatic carbocycles. The highest BCUT2D eigenvalue weighted by Crippen LogP contribution is 2.28. The summed E-state index contributed by atoms with van der Waals surface area (Å²) in [6.07, 6.45) is -1.02. The number of para-hydroxylation sites is 1. The average molecular weight is 360 g/mol. The van der Waals surface area contributed by atoms with E-state index in [0.29, 0.717) is 10.2 Å². The molecule has 2 rings (SSSR count). The van der Waals surface area contributed by atoms with Crippen LogP contribution >= 0.6 is 15.9 Å². The van der Waals surface area contributed by atoms with Gasteiger partial charge in [-0.15, -0.1) is 0 Å². The minimum absolute atomic E-state index is 0.0747. The van der Waals surface area contributed by atoms with Crippen molar-refractivity contribution < 1.29 is 23.8 Å². The number of aliphatic carboxylic acids is 1. The summed E-state index contributed by atoms with van der Waals surface area (Å²) < 4.78 is 20.2. The molecule has 1 saturated heterocycles. The van der Waals surface area contributed by atoms with Crippen LogP contribution in [0.4, 0.5) is 4.39 Å². The summed E-state index contributed by atoms with van der Waals surface area (Å²) in [4.78, 5) is 24.2. The van der Waals surface area contributed by atoms with Crippen LogP contribution in [0.15, 0.2) is 28.7 Å². The first kappa shape index (κ1) is 15.8. The minimum atomic E-state index is -2.36. The Bertz CT molecular complexity index is 568. The molecule has 7 heteroatoms. The van der Waals surface area contributed by atoms with Crippen molar-refractivity contribution in [2.24, 2.45) is 0 Å². The topological polar surface area (TPSA) is 66.8 Å². The van der Waals surface area contributed by atoms with Gasteiger partial charge in [-0.05, 0) is 35.0 Å². The highest BCUT2D eigenvalue weighted by Gasteiger charge is 2.47. The average Bonchev–Trinajstić information content (AvgIpc) is 2.84. The molecule has 1 aromatic rings. The summed E-state index contributed by atoms with van der Waals surface area (Å²) in [5, 5.41) is 8.83. The number of carbonyl (C=O) groups excluding carboxylic acids is 1. The van der Waals surface area contributed by atoms with Crippen molar-refractivity contribution in [2.45, 2.75) is 25.1 Å². The highest BCUT2D eigenvalue weighted by atomic mass is 79.9. The Hall–Kier alpha value is -1.63. The van der Waals surface area contributed by atoms with Gasteiger partial charge >= 0.3 is 5.97 Å². The Labute approximate surface area is 129 Å². The van der Waals surface area contributed by atoms with E-state index in [2.05, 4.69) is 15.9 Å². The SMILES string of the molecule is CC(Oc1ccccc1Br)C(=O)N1CCC(F)(C(=O)O)C1. The molecule has 1 aliphatic rings. The largest absolute Gasteiger partial charge is 0.480 e. The lowest BCUT2D eigenvalue weighted by atomic mass is 10.1. The van der Waals surface area contributed by atoms with Gasteiger partial charge in [-0.2, -0.15) is 0 Å².